The Morgan fingerprint density at radius 2 is 2.12 bits per heavy atom. The molecule has 0 aliphatic heterocycles. The molecule has 3 aromatic rings. The molecule has 25 heavy (non-hydrogen) atoms. The van der Waals surface area contributed by atoms with Crippen LogP contribution in [0.15, 0.2) is 24.5 Å². The molecule has 1 aromatic carbocycles. The van der Waals surface area contributed by atoms with Gasteiger partial charge in [0.15, 0.2) is 5.13 Å². The lowest BCUT2D eigenvalue weighted by Gasteiger charge is -2.08. The molecule has 2 N–H and O–H groups in total. The summed E-state index contributed by atoms with van der Waals surface area (Å²) >= 11 is 1.41. The van der Waals surface area contributed by atoms with Gasteiger partial charge in [-0.25, -0.2) is 15.0 Å². The van der Waals surface area contributed by atoms with Crippen LogP contribution in [0.25, 0.3) is 10.2 Å². The van der Waals surface area contributed by atoms with Crippen LogP contribution < -0.4 is 10.6 Å². The van der Waals surface area contributed by atoms with Gasteiger partial charge >= 0.3 is 5.69 Å². The predicted octanol–water partition coefficient (Wildman–Crippen LogP) is 3.10. The van der Waals surface area contributed by atoms with Gasteiger partial charge in [-0.15, -0.1) is 0 Å². The highest BCUT2D eigenvalue weighted by molar-refractivity contribution is 7.22. The summed E-state index contributed by atoms with van der Waals surface area (Å²) in [4.78, 5) is 23.4. The Balaban J connectivity index is 1.92. The number of aryl methyl sites for hydroxylation is 1. The number of rotatable bonds is 7. The first-order chi connectivity index (χ1) is 12.1. The minimum atomic E-state index is -0.519. The largest absolute Gasteiger partial charge is 0.383 e. The average Bonchev–Trinajstić information content (AvgIpc) is 2.96. The first-order valence-electron chi connectivity index (χ1n) is 7.45. The minimum Gasteiger partial charge on any atom is -0.383 e. The Morgan fingerprint density at radius 3 is 2.88 bits per heavy atom. The maximum absolute atomic E-state index is 11.5. The zero-order chi connectivity index (χ0) is 17.8. The summed E-state index contributed by atoms with van der Waals surface area (Å²) in [5.74, 6) is 0.229. The zero-order valence-electron chi connectivity index (χ0n) is 13.6. The number of hydrogen-bond acceptors (Lipinski definition) is 9. The average molecular weight is 360 g/mol. The molecule has 0 amide bonds. The Kier molecular flexibility index (Phi) is 5.00. The molecule has 3 rings (SSSR count). The highest BCUT2D eigenvalue weighted by Crippen LogP contribution is 2.34. The topological polar surface area (TPSA) is 115 Å². The van der Waals surface area contributed by atoms with Crippen LogP contribution in [-0.2, 0) is 4.74 Å². The molecule has 0 saturated heterocycles. The summed E-state index contributed by atoms with van der Waals surface area (Å²) in [5.41, 5.74) is 1.72. The third-order valence-corrected chi connectivity index (χ3v) is 4.31. The van der Waals surface area contributed by atoms with Crippen LogP contribution in [0.3, 0.4) is 0 Å². The third kappa shape index (κ3) is 3.80. The van der Waals surface area contributed by atoms with Crippen LogP contribution in [0, 0.1) is 17.0 Å². The molecule has 0 bridgehead atoms. The number of fused-ring (bicyclic) bond motifs is 1. The second-order valence-corrected chi connectivity index (χ2v) is 6.24. The fourth-order valence-corrected chi connectivity index (χ4v) is 3.19. The molecule has 0 fully saturated rings. The van der Waals surface area contributed by atoms with E-state index in [1.54, 1.807) is 7.11 Å². The molecule has 130 valence electrons. The standard InChI is InChI=1S/C15H16N6O3S/c1-9-3-4-10-11(7-9)25-15(19-10)20-14-12(21(22)23)13(17-8-18-14)16-5-6-24-2/h3-4,7-8H,5-6H2,1-2H3,(H2,16,17,18,19,20). The van der Waals surface area contributed by atoms with Crippen molar-refractivity contribution in [1.29, 1.82) is 0 Å². The molecule has 2 aromatic heterocycles. The van der Waals surface area contributed by atoms with E-state index in [2.05, 4.69) is 25.6 Å². The van der Waals surface area contributed by atoms with Crippen LogP contribution in [0.2, 0.25) is 0 Å². The van der Waals surface area contributed by atoms with Crippen LogP contribution >= 0.6 is 11.3 Å². The van der Waals surface area contributed by atoms with Gasteiger partial charge in [0, 0.05) is 13.7 Å². The number of nitrogens with zero attached hydrogens (tertiary/aromatic N) is 4. The number of hydrogen-bond donors (Lipinski definition) is 2. The first kappa shape index (κ1) is 17.0. The molecule has 10 heteroatoms. The van der Waals surface area contributed by atoms with E-state index < -0.39 is 4.92 Å². The number of anilines is 3. The molecule has 0 aliphatic carbocycles. The number of thiazole rings is 1. The number of nitrogens with one attached hydrogen (secondary N) is 2. The fraction of sp³-hybridized carbons (Fsp3) is 0.267. The predicted molar refractivity (Wildman–Crippen MR) is 96.7 cm³/mol. The third-order valence-electron chi connectivity index (χ3n) is 3.37. The Labute approximate surface area is 147 Å². The Bertz CT molecular complexity index is 913. The van der Waals surface area contributed by atoms with Gasteiger partial charge in [-0.05, 0) is 24.6 Å². The van der Waals surface area contributed by atoms with Crippen molar-refractivity contribution in [2.24, 2.45) is 0 Å². The van der Waals surface area contributed by atoms with E-state index in [1.807, 2.05) is 25.1 Å². The van der Waals surface area contributed by atoms with Crippen molar-refractivity contribution in [2.45, 2.75) is 6.92 Å². The van der Waals surface area contributed by atoms with E-state index >= 15 is 0 Å². The second-order valence-electron chi connectivity index (χ2n) is 5.21. The summed E-state index contributed by atoms with van der Waals surface area (Å²) in [5, 5.41) is 17.8. The highest BCUT2D eigenvalue weighted by atomic mass is 32.1. The van der Waals surface area contributed by atoms with Gasteiger partial charge in [0.1, 0.15) is 6.33 Å². The zero-order valence-corrected chi connectivity index (χ0v) is 14.5. The monoisotopic (exact) mass is 360 g/mol. The number of aromatic nitrogens is 3. The quantitative estimate of drug-likeness (QED) is 0.375. The second kappa shape index (κ2) is 7.36. The van der Waals surface area contributed by atoms with Crippen molar-refractivity contribution in [2.75, 3.05) is 30.9 Å². The van der Waals surface area contributed by atoms with E-state index in [1.165, 1.54) is 17.7 Å². The number of ether oxygens (including phenoxy) is 1. The van der Waals surface area contributed by atoms with Crippen molar-refractivity contribution >= 4 is 44.0 Å². The summed E-state index contributed by atoms with van der Waals surface area (Å²) < 4.78 is 5.93. The number of methoxy groups -OCH3 is 1. The fourth-order valence-electron chi connectivity index (χ4n) is 2.23. The van der Waals surface area contributed by atoms with Crippen molar-refractivity contribution in [3.63, 3.8) is 0 Å². The lowest BCUT2D eigenvalue weighted by Crippen LogP contribution is -2.12. The summed E-state index contributed by atoms with van der Waals surface area (Å²) in [6, 6.07) is 5.90. The number of nitro groups is 1. The van der Waals surface area contributed by atoms with E-state index in [0.29, 0.717) is 18.3 Å². The minimum absolute atomic E-state index is 0.0932. The lowest BCUT2D eigenvalue weighted by molar-refractivity contribution is -0.383. The maximum Gasteiger partial charge on any atom is 0.353 e. The van der Waals surface area contributed by atoms with E-state index in [0.717, 1.165) is 15.8 Å². The van der Waals surface area contributed by atoms with Gasteiger partial charge in [-0.3, -0.25) is 10.1 Å². The normalized spacial score (nSPS) is 10.8. The van der Waals surface area contributed by atoms with Crippen LogP contribution in [0.5, 0.6) is 0 Å². The molecule has 0 unspecified atom stereocenters. The Hall–Kier alpha value is -2.85. The SMILES string of the molecule is COCCNc1ncnc(Nc2nc3ccc(C)cc3s2)c1[N+](=O)[O-]. The van der Waals surface area contributed by atoms with Crippen LogP contribution in [0.1, 0.15) is 5.56 Å². The molecule has 0 atom stereocenters. The van der Waals surface area contributed by atoms with Gasteiger partial charge < -0.3 is 15.4 Å². The molecule has 0 spiro atoms. The molecular formula is C15H16N6O3S. The van der Waals surface area contributed by atoms with Gasteiger partial charge in [0.25, 0.3) is 0 Å². The van der Waals surface area contributed by atoms with Crippen molar-refractivity contribution in [3.8, 4) is 0 Å². The molecule has 9 nitrogen and oxygen atoms in total. The van der Waals surface area contributed by atoms with Gasteiger partial charge in [0.2, 0.25) is 11.6 Å². The number of benzene rings is 1. The first-order valence-corrected chi connectivity index (χ1v) is 8.26. The van der Waals surface area contributed by atoms with Crippen molar-refractivity contribution in [3.05, 3.63) is 40.2 Å². The van der Waals surface area contributed by atoms with E-state index in [9.17, 15) is 10.1 Å². The summed E-state index contributed by atoms with van der Waals surface area (Å²) in [7, 11) is 1.55. The smallest absolute Gasteiger partial charge is 0.353 e. The van der Waals surface area contributed by atoms with Crippen molar-refractivity contribution in [1.82, 2.24) is 15.0 Å². The molecular weight excluding hydrogens is 344 g/mol. The maximum atomic E-state index is 11.5. The van der Waals surface area contributed by atoms with Crippen molar-refractivity contribution < 1.29 is 9.66 Å². The van der Waals surface area contributed by atoms with Gasteiger partial charge in [-0.2, -0.15) is 0 Å². The molecule has 0 aliphatic rings. The summed E-state index contributed by atoms with van der Waals surface area (Å²) in [6.45, 7) is 2.80. The van der Waals surface area contributed by atoms with Gasteiger partial charge in [-0.1, -0.05) is 17.4 Å². The van der Waals surface area contributed by atoms with E-state index in [-0.39, 0.29) is 17.3 Å². The summed E-state index contributed by atoms with van der Waals surface area (Å²) in [6.07, 6.45) is 1.27. The van der Waals surface area contributed by atoms with E-state index in [4.69, 9.17) is 4.74 Å². The van der Waals surface area contributed by atoms with Crippen LogP contribution in [0.4, 0.5) is 22.5 Å². The van der Waals surface area contributed by atoms with Gasteiger partial charge in [0.05, 0.1) is 21.7 Å². The lowest BCUT2D eigenvalue weighted by atomic mass is 10.2. The van der Waals surface area contributed by atoms with Crippen LogP contribution in [-0.4, -0.2) is 40.1 Å². The molecule has 2 heterocycles. The molecule has 0 radical (unpaired) electrons. The molecule has 0 saturated carbocycles. The highest BCUT2D eigenvalue weighted by Gasteiger charge is 2.23. The Morgan fingerprint density at radius 1 is 1.32 bits per heavy atom.